The Hall–Kier alpha value is -1.43. The standard InChI is InChI=1S/C9H10N2O3S/c1-2-10-8(12)14-9-11-6-4-3-5-13-7(6)15-9/h3-5,7H,2H2,1H3,(H,10,12). The normalized spacial score (nSPS) is 22.3. The topological polar surface area (TPSA) is 59.9 Å². The highest BCUT2D eigenvalue weighted by molar-refractivity contribution is 8.14. The molecule has 0 aromatic heterocycles. The van der Waals surface area contributed by atoms with Gasteiger partial charge in [-0.3, -0.25) is 0 Å². The first-order valence-corrected chi connectivity index (χ1v) is 5.41. The molecule has 2 heterocycles. The van der Waals surface area contributed by atoms with Crippen molar-refractivity contribution in [3.8, 4) is 0 Å². The second-order valence-corrected chi connectivity index (χ2v) is 3.82. The van der Waals surface area contributed by atoms with E-state index in [0.29, 0.717) is 11.8 Å². The number of hydrogen-bond acceptors (Lipinski definition) is 5. The van der Waals surface area contributed by atoms with E-state index in [4.69, 9.17) is 9.47 Å². The second kappa shape index (κ2) is 4.39. The first-order chi connectivity index (χ1) is 7.29. The maximum absolute atomic E-state index is 11.1. The predicted octanol–water partition coefficient (Wildman–Crippen LogP) is 1.59. The fraction of sp³-hybridized carbons (Fsp3) is 0.333. The zero-order chi connectivity index (χ0) is 10.7. The van der Waals surface area contributed by atoms with Crippen LogP contribution in [-0.2, 0) is 9.47 Å². The predicted molar refractivity (Wildman–Crippen MR) is 57.3 cm³/mol. The van der Waals surface area contributed by atoms with Crippen LogP contribution in [0.15, 0.2) is 29.1 Å². The van der Waals surface area contributed by atoms with Crippen molar-refractivity contribution in [1.82, 2.24) is 5.32 Å². The molecular formula is C9H10N2O3S. The third-order valence-electron chi connectivity index (χ3n) is 1.72. The molecule has 0 aromatic carbocycles. The summed E-state index contributed by atoms with van der Waals surface area (Å²) in [6, 6.07) is 0. The van der Waals surface area contributed by atoms with Crippen molar-refractivity contribution in [1.29, 1.82) is 0 Å². The zero-order valence-electron chi connectivity index (χ0n) is 8.10. The summed E-state index contributed by atoms with van der Waals surface area (Å²) >= 11 is 1.27. The summed E-state index contributed by atoms with van der Waals surface area (Å²) in [5.74, 6) is 0. The molecule has 0 aromatic rings. The molecule has 2 rings (SSSR count). The lowest BCUT2D eigenvalue weighted by Gasteiger charge is -2.11. The summed E-state index contributed by atoms with van der Waals surface area (Å²) in [7, 11) is 0. The third kappa shape index (κ3) is 2.33. The highest BCUT2D eigenvalue weighted by Gasteiger charge is 2.29. The lowest BCUT2D eigenvalue weighted by molar-refractivity contribution is 0.200. The molecule has 5 nitrogen and oxygen atoms in total. The minimum absolute atomic E-state index is 0.181. The van der Waals surface area contributed by atoms with Gasteiger partial charge >= 0.3 is 6.09 Å². The Labute approximate surface area is 91.2 Å². The molecule has 80 valence electrons. The first kappa shape index (κ1) is 10.1. The van der Waals surface area contributed by atoms with Crippen molar-refractivity contribution in [3.63, 3.8) is 0 Å². The zero-order valence-corrected chi connectivity index (χ0v) is 8.91. The molecule has 1 unspecified atom stereocenters. The van der Waals surface area contributed by atoms with Crippen LogP contribution in [0.3, 0.4) is 0 Å². The number of hydrogen-bond donors (Lipinski definition) is 1. The minimum Gasteiger partial charge on any atom is -0.480 e. The maximum Gasteiger partial charge on any atom is 0.414 e. The molecule has 0 fully saturated rings. The monoisotopic (exact) mass is 226 g/mol. The summed E-state index contributed by atoms with van der Waals surface area (Å²) in [6.07, 6.45) is 4.68. The number of alkyl carbamates (subject to hydrolysis) is 1. The van der Waals surface area contributed by atoms with Gasteiger partial charge in [0.2, 0.25) is 0 Å². The highest BCUT2D eigenvalue weighted by Crippen LogP contribution is 2.33. The smallest absolute Gasteiger partial charge is 0.414 e. The molecule has 1 atom stereocenters. The Kier molecular flexibility index (Phi) is 2.96. The fourth-order valence-electron chi connectivity index (χ4n) is 1.11. The Morgan fingerprint density at radius 1 is 1.80 bits per heavy atom. The van der Waals surface area contributed by atoms with E-state index < -0.39 is 6.09 Å². The Balaban J connectivity index is 1.96. The van der Waals surface area contributed by atoms with E-state index in [9.17, 15) is 4.79 Å². The Morgan fingerprint density at radius 2 is 2.67 bits per heavy atom. The van der Waals surface area contributed by atoms with Crippen LogP contribution in [0.2, 0.25) is 0 Å². The van der Waals surface area contributed by atoms with Crippen LogP contribution in [-0.4, -0.2) is 23.3 Å². The van der Waals surface area contributed by atoms with Gasteiger partial charge in [0, 0.05) is 6.54 Å². The number of thioether (sulfide) groups is 1. The van der Waals surface area contributed by atoms with E-state index in [1.54, 1.807) is 12.3 Å². The minimum atomic E-state index is -0.490. The average Bonchev–Trinajstić information content (AvgIpc) is 2.59. The van der Waals surface area contributed by atoms with Gasteiger partial charge in [-0.15, -0.1) is 0 Å². The Bertz CT molecular complexity index is 362. The van der Waals surface area contributed by atoms with Crippen LogP contribution in [0, 0.1) is 0 Å². The molecule has 0 aliphatic carbocycles. The molecule has 6 heteroatoms. The summed E-state index contributed by atoms with van der Waals surface area (Å²) in [4.78, 5) is 15.2. The molecule has 1 amide bonds. The van der Waals surface area contributed by atoms with Gasteiger partial charge in [0.25, 0.3) is 5.23 Å². The van der Waals surface area contributed by atoms with Gasteiger partial charge in [0.15, 0.2) is 5.44 Å². The Morgan fingerprint density at radius 3 is 3.40 bits per heavy atom. The lowest BCUT2D eigenvalue weighted by Crippen LogP contribution is -2.25. The van der Waals surface area contributed by atoms with Crippen LogP contribution >= 0.6 is 11.8 Å². The molecule has 2 aliphatic heterocycles. The third-order valence-corrected chi connectivity index (χ3v) is 2.66. The van der Waals surface area contributed by atoms with Crippen LogP contribution in [0.5, 0.6) is 0 Å². The average molecular weight is 226 g/mol. The SMILES string of the molecule is CCNC(=O)OC1=NC2=CC=COC2S1. The number of carbonyl (C=O) groups is 1. The van der Waals surface area contributed by atoms with Gasteiger partial charge in [0.05, 0.1) is 12.0 Å². The molecular weight excluding hydrogens is 216 g/mol. The summed E-state index contributed by atoms with van der Waals surface area (Å²) in [6.45, 7) is 2.35. The van der Waals surface area contributed by atoms with Gasteiger partial charge in [-0.25, -0.2) is 9.79 Å². The number of carbonyl (C=O) groups excluding carboxylic acids is 1. The van der Waals surface area contributed by atoms with E-state index in [1.807, 2.05) is 13.0 Å². The van der Waals surface area contributed by atoms with E-state index >= 15 is 0 Å². The van der Waals surface area contributed by atoms with E-state index in [-0.39, 0.29) is 5.44 Å². The van der Waals surface area contributed by atoms with Crippen LogP contribution < -0.4 is 5.32 Å². The molecule has 0 bridgehead atoms. The van der Waals surface area contributed by atoms with Gasteiger partial charge in [-0.1, -0.05) is 0 Å². The van der Waals surface area contributed by atoms with E-state index in [0.717, 1.165) is 5.70 Å². The summed E-state index contributed by atoms with van der Waals surface area (Å²) in [5, 5.41) is 2.84. The molecule has 0 radical (unpaired) electrons. The highest BCUT2D eigenvalue weighted by atomic mass is 32.2. The second-order valence-electron chi connectivity index (χ2n) is 2.80. The van der Waals surface area contributed by atoms with Gasteiger partial charge in [-0.2, -0.15) is 0 Å². The van der Waals surface area contributed by atoms with Gasteiger partial charge in [-0.05, 0) is 30.8 Å². The van der Waals surface area contributed by atoms with E-state index in [2.05, 4.69) is 10.3 Å². The number of nitrogens with one attached hydrogen (secondary N) is 1. The van der Waals surface area contributed by atoms with Crippen molar-refractivity contribution in [3.05, 3.63) is 24.1 Å². The summed E-state index contributed by atoms with van der Waals surface area (Å²) in [5.41, 5.74) is 0.584. The first-order valence-electron chi connectivity index (χ1n) is 4.53. The van der Waals surface area contributed by atoms with Crippen molar-refractivity contribution >= 4 is 23.1 Å². The van der Waals surface area contributed by atoms with Crippen LogP contribution in [0.25, 0.3) is 0 Å². The number of nitrogens with zero attached hydrogens (tertiary/aromatic N) is 1. The molecule has 2 aliphatic rings. The van der Waals surface area contributed by atoms with Gasteiger partial charge < -0.3 is 14.8 Å². The van der Waals surface area contributed by atoms with Crippen molar-refractivity contribution < 1.29 is 14.3 Å². The molecule has 0 spiro atoms. The molecule has 15 heavy (non-hydrogen) atoms. The molecule has 0 saturated carbocycles. The number of amides is 1. The summed E-state index contributed by atoms with van der Waals surface area (Å²) < 4.78 is 10.2. The lowest BCUT2D eigenvalue weighted by atomic mass is 10.4. The molecule has 0 saturated heterocycles. The number of ether oxygens (including phenoxy) is 2. The quantitative estimate of drug-likeness (QED) is 0.737. The number of aliphatic imine (C=N–C) groups is 1. The van der Waals surface area contributed by atoms with Crippen molar-refractivity contribution in [2.24, 2.45) is 4.99 Å². The van der Waals surface area contributed by atoms with Crippen LogP contribution in [0.4, 0.5) is 4.79 Å². The fourth-order valence-corrected chi connectivity index (χ4v) is 1.95. The van der Waals surface area contributed by atoms with E-state index in [1.165, 1.54) is 11.8 Å². The maximum atomic E-state index is 11.1. The van der Waals surface area contributed by atoms with Crippen molar-refractivity contribution in [2.75, 3.05) is 6.54 Å². The van der Waals surface area contributed by atoms with Crippen LogP contribution in [0.1, 0.15) is 6.92 Å². The number of fused-ring (bicyclic) bond motifs is 1. The molecule has 1 N–H and O–H groups in total. The number of rotatable bonds is 1. The van der Waals surface area contributed by atoms with Gasteiger partial charge in [0.1, 0.15) is 0 Å². The van der Waals surface area contributed by atoms with Crippen molar-refractivity contribution in [2.45, 2.75) is 12.4 Å². The number of allylic oxidation sites excluding steroid dienone is 2. The largest absolute Gasteiger partial charge is 0.480 e.